The van der Waals surface area contributed by atoms with Crippen molar-refractivity contribution in [1.82, 2.24) is 10.2 Å². The van der Waals surface area contributed by atoms with Crippen LogP contribution in [0.5, 0.6) is 5.75 Å². The molecule has 1 aliphatic heterocycles. The van der Waals surface area contributed by atoms with E-state index in [1.54, 1.807) is 24.3 Å². The smallest absolute Gasteiger partial charge is 0.258 e. The molecule has 6 nitrogen and oxygen atoms in total. The summed E-state index contributed by atoms with van der Waals surface area (Å²) in [7, 11) is 0. The number of carbonyl (C=O) groups excluding carboxylic acids is 2. The fourth-order valence-electron chi connectivity index (χ4n) is 3.39. The topological polar surface area (TPSA) is 70.7 Å². The van der Waals surface area contributed by atoms with Crippen LogP contribution in [-0.2, 0) is 16.1 Å². The molecule has 8 heteroatoms. The fourth-order valence-corrected chi connectivity index (χ4v) is 3.71. The van der Waals surface area contributed by atoms with Crippen LogP contribution in [0.3, 0.4) is 0 Å². The maximum Gasteiger partial charge on any atom is 0.258 e. The van der Waals surface area contributed by atoms with Crippen molar-refractivity contribution in [2.75, 3.05) is 25.0 Å². The Bertz CT molecular complexity index is 882. The number of carbonyl (C=O) groups is 2. The van der Waals surface area contributed by atoms with E-state index in [1.165, 1.54) is 6.92 Å². The highest BCUT2D eigenvalue weighted by molar-refractivity contribution is 6.42. The molecular formula is C22H25Cl2N3O3. The predicted molar refractivity (Wildman–Crippen MR) is 119 cm³/mol. The second-order valence-corrected chi connectivity index (χ2v) is 8.18. The molecule has 2 aromatic rings. The summed E-state index contributed by atoms with van der Waals surface area (Å²) in [4.78, 5) is 25.6. The van der Waals surface area contributed by atoms with Gasteiger partial charge in [-0.25, -0.2) is 0 Å². The van der Waals surface area contributed by atoms with Crippen LogP contribution in [0, 0.1) is 0 Å². The molecule has 3 rings (SSSR count). The number of hydrogen-bond donors (Lipinski definition) is 2. The summed E-state index contributed by atoms with van der Waals surface area (Å²) in [6.45, 7) is 4.03. The Balaban J connectivity index is 1.37. The first-order valence-corrected chi connectivity index (χ1v) is 10.6. The number of halogens is 2. The van der Waals surface area contributed by atoms with Gasteiger partial charge in [-0.15, -0.1) is 0 Å². The zero-order valence-corrected chi connectivity index (χ0v) is 18.3. The van der Waals surface area contributed by atoms with E-state index in [-0.39, 0.29) is 24.5 Å². The minimum absolute atomic E-state index is 0.0387. The number of ether oxygens (including phenoxy) is 1. The number of nitrogens with one attached hydrogen (secondary N) is 2. The largest absolute Gasteiger partial charge is 0.484 e. The Hall–Kier alpha value is -2.28. The molecule has 1 saturated heterocycles. The maximum absolute atomic E-state index is 12.2. The third-order valence-electron chi connectivity index (χ3n) is 4.89. The molecule has 0 spiro atoms. The average Bonchev–Trinajstić information content (AvgIpc) is 2.71. The lowest BCUT2D eigenvalue weighted by atomic mass is 10.0. The Morgan fingerprint density at radius 1 is 1.07 bits per heavy atom. The Kier molecular flexibility index (Phi) is 7.96. The molecule has 1 heterocycles. The number of nitrogens with zero attached hydrogens (tertiary/aromatic N) is 1. The summed E-state index contributed by atoms with van der Waals surface area (Å²) < 4.78 is 5.53. The molecule has 2 N–H and O–H groups in total. The molecule has 1 aliphatic rings. The van der Waals surface area contributed by atoms with Crippen LogP contribution in [0.4, 0.5) is 5.69 Å². The summed E-state index contributed by atoms with van der Waals surface area (Å²) in [6, 6.07) is 12.8. The van der Waals surface area contributed by atoms with Crippen molar-refractivity contribution in [2.45, 2.75) is 32.4 Å². The van der Waals surface area contributed by atoms with Gasteiger partial charge in [-0.1, -0.05) is 29.3 Å². The van der Waals surface area contributed by atoms with Crippen molar-refractivity contribution in [1.29, 1.82) is 0 Å². The number of likely N-dealkylation sites (tertiary alicyclic amines) is 1. The Morgan fingerprint density at radius 3 is 2.40 bits per heavy atom. The standard InChI is InChI=1S/C22H25Cl2N3O3/c1-15(28)25-17-3-5-19(6-4-17)30-14-22(29)26-18-8-10-27(11-9-18)13-16-2-7-20(23)21(24)12-16/h2-7,12,18H,8-11,13-14H2,1H3,(H,25,28)(H,26,29). The van der Waals surface area contributed by atoms with Crippen molar-refractivity contribution < 1.29 is 14.3 Å². The van der Waals surface area contributed by atoms with E-state index in [9.17, 15) is 9.59 Å². The van der Waals surface area contributed by atoms with Crippen molar-refractivity contribution in [3.05, 3.63) is 58.1 Å². The lowest BCUT2D eigenvalue weighted by Crippen LogP contribution is -2.45. The lowest BCUT2D eigenvalue weighted by Gasteiger charge is -2.32. The van der Waals surface area contributed by atoms with Gasteiger partial charge in [-0.05, 0) is 54.8 Å². The summed E-state index contributed by atoms with van der Waals surface area (Å²) >= 11 is 12.1. The first-order chi connectivity index (χ1) is 14.4. The molecular weight excluding hydrogens is 425 g/mol. The highest BCUT2D eigenvalue weighted by Gasteiger charge is 2.21. The molecule has 2 amide bonds. The summed E-state index contributed by atoms with van der Waals surface area (Å²) in [6.07, 6.45) is 1.77. The van der Waals surface area contributed by atoms with Gasteiger partial charge in [-0.3, -0.25) is 14.5 Å². The van der Waals surface area contributed by atoms with Crippen LogP contribution < -0.4 is 15.4 Å². The van der Waals surface area contributed by atoms with Crippen LogP contribution in [0.25, 0.3) is 0 Å². The zero-order chi connectivity index (χ0) is 21.5. The highest BCUT2D eigenvalue weighted by Crippen LogP contribution is 2.24. The van der Waals surface area contributed by atoms with E-state index in [1.807, 2.05) is 18.2 Å². The van der Waals surface area contributed by atoms with Gasteiger partial charge in [0.1, 0.15) is 5.75 Å². The van der Waals surface area contributed by atoms with E-state index in [0.717, 1.165) is 38.0 Å². The number of piperidine rings is 1. The second-order valence-electron chi connectivity index (χ2n) is 7.36. The maximum atomic E-state index is 12.2. The molecule has 1 fully saturated rings. The number of amides is 2. The normalized spacial score (nSPS) is 14.9. The van der Waals surface area contributed by atoms with Crippen LogP contribution in [-0.4, -0.2) is 42.5 Å². The van der Waals surface area contributed by atoms with E-state index in [4.69, 9.17) is 27.9 Å². The van der Waals surface area contributed by atoms with Crippen LogP contribution in [0.2, 0.25) is 10.0 Å². The van der Waals surface area contributed by atoms with Crippen molar-refractivity contribution in [3.63, 3.8) is 0 Å². The van der Waals surface area contributed by atoms with Gasteiger partial charge in [0.05, 0.1) is 10.0 Å². The minimum atomic E-state index is -0.135. The van der Waals surface area contributed by atoms with E-state index >= 15 is 0 Å². The number of hydrogen-bond acceptors (Lipinski definition) is 4. The van der Waals surface area contributed by atoms with Crippen LogP contribution in [0.15, 0.2) is 42.5 Å². The predicted octanol–water partition coefficient (Wildman–Crippen LogP) is 4.11. The lowest BCUT2D eigenvalue weighted by molar-refractivity contribution is -0.124. The first kappa shape index (κ1) is 22.4. The molecule has 0 unspecified atom stereocenters. The van der Waals surface area contributed by atoms with Gasteiger partial charge >= 0.3 is 0 Å². The molecule has 0 radical (unpaired) electrons. The third kappa shape index (κ3) is 6.90. The molecule has 0 aromatic heterocycles. The molecule has 0 saturated carbocycles. The van der Waals surface area contributed by atoms with Crippen LogP contribution in [0.1, 0.15) is 25.3 Å². The molecule has 2 aromatic carbocycles. The summed E-state index contributed by atoms with van der Waals surface area (Å²) in [5, 5.41) is 6.86. The van der Waals surface area contributed by atoms with Gasteiger partial charge in [0.15, 0.2) is 6.61 Å². The van der Waals surface area contributed by atoms with E-state index in [2.05, 4.69) is 15.5 Å². The molecule has 30 heavy (non-hydrogen) atoms. The first-order valence-electron chi connectivity index (χ1n) is 9.85. The van der Waals surface area contributed by atoms with Gasteiger partial charge in [0.2, 0.25) is 5.91 Å². The fraction of sp³-hybridized carbons (Fsp3) is 0.364. The monoisotopic (exact) mass is 449 g/mol. The number of anilines is 1. The number of rotatable bonds is 7. The molecule has 0 bridgehead atoms. The van der Waals surface area contributed by atoms with Gasteiger partial charge in [0, 0.05) is 38.3 Å². The highest BCUT2D eigenvalue weighted by atomic mass is 35.5. The Labute approximate surface area is 186 Å². The van der Waals surface area contributed by atoms with E-state index < -0.39 is 0 Å². The van der Waals surface area contributed by atoms with Gasteiger partial charge < -0.3 is 15.4 Å². The van der Waals surface area contributed by atoms with E-state index in [0.29, 0.717) is 21.5 Å². The summed E-state index contributed by atoms with van der Waals surface area (Å²) in [5.74, 6) is 0.311. The SMILES string of the molecule is CC(=O)Nc1ccc(OCC(=O)NC2CCN(Cc3ccc(Cl)c(Cl)c3)CC2)cc1. The summed E-state index contributed by atoms with van der Waals surface area (Å²) in [5.41, 5.74) is 1.82. The van der Waals surface area contributed by atoms with Crippen molar-refractivity contribution >= 4 is 40.7 Å². The molecule has 0 atom stereocenters. The van der Waals surface area contributed by atoms with Crippen molar-refractivity contribution in [2.24, 2.45) is 0 Å². The molecule has 160 valence electrons. The van der Waals surface area contributed by atoms with Crippen molar-refractivity contribution in [3.8, 4) is 5.75 Å². The second kappa shape index (κ2) is 10.7. The van der Waals surface area contributed by atoms with Gasteiger partial charge in [-0.2, -0.15) is 0 Å². The number of benzene rings is 2. The van der Waals surface area contributed by atoms with Crippen LogP contribution >= 0.6 is 23.2 Å². The van der Waals surface area contributed by atoms with Gasteiger partial charge in [0.25, 0.3) is 5.91 Å². The average molecular weight is 450 g/mol. The minimum Gasteiger partial charge on any atom is -0.484 e. The Morgan fingerprint density at radius 2 is 1.77 bits per heavy atom. The zero-order valence-electron chi connectivity index (χ0n) is 16.8. The quantitative estimate of drug-likeness (QED) is 0.666. The third-order valence-corrected chi connectivity index (χ3v) is 5.63. The molecule has 0 aliphatic carbocycles.